The molecular weight excluding hydrogens is 236 g/mol. The number of halogens is 1. The maximum Gasteiger partial charge on any atom is 0.0653 e. The van der Waals surface area contributed by atoms with Gasteiger partial charge in [-0.2, -0.15) is 5.10 Å². The average molecular weight is 255 g/mol. The molecule has 2 rings (SSSR count). The molecule has 0 atom stereocenters. The number of nitrogens with one attached hydrogen (secondary N) is 2. The quantitative estimate of drug-likeness (QED) is 0.853. The third kappa shape index (κ3) is 3.70. The highest BCUT2D eigenvalue weighted by molar-refractivity contribution is 5.85. The Morgan fingerprint density at radius 1 is 1.41 bits per heavy atom. The van der Waals surface area contributed by atoms with Gasteiger partial charge in [-0.15, -0.1) is 12.4 Å². The Morgan fingerprint density at radius 2 is 2.24 bits per heavy atom. The second-order valence-corrected chi connectivity index (χ2v) is 4.13. The molecule has 0 aliphatic carbocycles. The van der Waals surface area contributed by atoms with Crippen LogP contribution in [0.3, 0.4) is 0 Å². The SMILES string of the molecule is CNCCN(C)Cc1ccc2cn[nH]c2c1.Cl. The topological polar surface area (TPSA) is 44.0 Å². The molecule has 17 heavy (non-hydrogen) atoms. The lowest BCUT2D eigenvalue weighted by Crippen LogP contribution is -2.26. The standard InChI is InChI=1S/C12H18N4.ClH/c1-13-5-6-16(2)9-10-3-4-11-8-14-15-12(11)7-10;/h3-4,7-8,13H,5-6,9H2,1-2H3,(H,14,15);1H. The fourth-order valence-corrected chi connectivity index (χ4v) is 1.78. The monoisotopic (exact) mass is 254 g/mol. The molecule has 0 unspecified atom stereocenters. The molecule has 0 bridgehead atoms. The van der Waals surface area contributed by atoms with Crippen molar-refractivity contribution in [2.75, 3.05) is 27.2 Å². The van der Waals surface area contributed by atoms with Crippen LogP contribution in [0.4, 0.5) is 0 Å². The van der Waals surface area contributed by atoms with Crippen molar-refractivity contribution in [2.24, 2.45) is 0 Å². The van der Waals surface area contributed by atoms with E-state index in [9.17, 15) is 0 Å². The van der Waals surface area contributed by atoms with Crippen molar-refractivity contribution in [3.63, 3.8) is 0 Å². The van der Waals surface area contributed by atoms with Crippen LogP contribution in [0.1, 0.15) is 5.56 Å². The molecule has 0 saturated carbocycles. The van der Waals surface area contributed by atoms with Gasteiger partial charge in [0, 0.05) is 25.0 Å². The Kier molecular flexibility index (Phi) is 5.41. The molecule has 0 fully saturated rings. The maximum absolute atomic E-state index is 4.02. The first kappa shape index (κ1) is 14.0. The van der Waals surface area contributed by atoms with Crippen LogP contribution in [0.25, 0.3) is 10.9 Å². The summed E-state index contributed by atoms with van der Waals surface area (Å²) in [7, 11) is 4.11. The van der Waals surface area contributed by atoms with E-state index in [-0.39, 0.29) is 12.4 Å². The number of hydrogen-bond donors (Lipinski definition) is 2. The van der Waals surface area contributed by atoms with Crippen LogP contribution < -0.4 is 5.32 Å². The van der Waals surface area contributed by atoms with Gasteiger partial charge >= 0.3 is 0 Å². The van der Waals surface area contributed by atoms with E-state index >= 15 is 0 Å². The van der Waals surface area contributed by atoms with Crippen LogP contribution in [0, 0.1) is 0 Å². The van der Waals surface area contributed by atoms with Crippen molar-refractivity contribution in [1.82, 2.24) is 20.4 Å². The average Bonchev–Trinajstić information content (AvgIpc) is 2.73. The summed E-state index contributed by atoms with van der Waals surface area (Å²) in [6.45, 7) is 3.04. The van der Waals surface area contributed by atoms with E-state index in [0.29, 0.717) is 0 Å². The molecule has 0 radical (unpaired) electrons. The Labute approximate surface area is 108 Å². The predicted octanol–water partition coefficient (Wildman–Crippen LogP) is 1.64. The number of benzene rings is 1. The van der Waals surface area contributed by atoms with Crippen molar-refractivity contribution in [3.05, 3.63) is 30.0 Å². The minimum absolute atomic E-state index is 0. The van der Waals surface area contributed by atoms with E-state index in [2.05, 4.69) is 45.7 Å². The van der Waals surface area contributed by atoms with E-state index in [0.717, 1.165) is 25.2 Å². The van der Waals surface area contributed by atoms with Crippen molar-refractivity contribution in [1.29, 1.82) is 0 Å². The van der Waals surface area contributed by atoms with Gasteiger partial charge in [0.25, 0.3) is 0 Å². The Balaban J connectivity index is 0.00000144. The number of rotatable bonds is 5. The summed E-state index contributed by atoms with van der Waals surface area (Å²) in [6, 6.07) is 6.44. The fraction of sp³-hybridized carbons (Fsp3) is 0.417. The summed E-state index contributed by atoms with van der Waals surface area (Å²) in [6.07, 6.45) is 1.85. The van der Waals surface area contributed by atoms with E-state index in [1.807, 2.05) is 13.2 Å². The highest BCUT2D eigenvalue weighted by Crippen LogP contribution is 2.13. The molecule has 2 N–H and O–H groups in total. The minimum Gasteiger partial charge on any atom is -0.318 e. The van der Waals surface area contributed by atoms with Gasteiger partial charge in [-0.3, -0.25) is 5.10 Å². The lowest BCUT2D eigenvalue weighted by atomic mass is 10.1. The molecule has 4 nitrogen and oxygen atoms in total. The first-order valence-electron chi connectivity index (χ1n) is 5.55. The summed E-state index contributed by atoms with van der Waals surface area (Å²) in [5.74, 6) is 0. The summed E-state index contributed by atoms with van der Waals surface area (Å²) in [5.41, 5.74) is 2.43. The van der Waals surface area contributed by atoms with Crippen LogP contribution in [0.5, 0.6) is 0 Å². The molecule has 0 amide bonds. The molecule has 0 aliphatic heterocycles. The van der Waals surface area contributed by atoms with Crippen molar-refractivity contribution in [2.45, 2.75) is 6.54 Å². The molecule has 0 saturated heterocycles. The third-order valence-corrected chi connectivity index (χ3v) is 2.70. The molecule has 2 aromatic rings. The van der Waals surface area contributed by atoms with E-state index in [4.69, 9.17) is 0 Å². The van der Waals surface area contributed by atoms with E-state index in [1.54, 1.807) is 0 Å². The smallest absolute Gasteiger partial charge is 0.0653 e. The number of H-pyrrole nitrogens is 1. The second kappa shape index (κ2) is 6.59. The number of aromatic amines is 1. The van der Waals surface area contributed by atoms with Gasteiger partial charge in [0.2, 0.25) is 0 Å². The summed E-state index contributed by atoms with van der Waals surface area (Å²) in [4.78, 5) is 2.30. The Hall–Kier alpha value is -1.10. The maximum atomic E-state index is 4.02. The van der Waals surface area contributed by atoms with Gasteiger partial charge in [0.05, 0.1) is 11.7 Å². The molecule has 0 aliphatic rings. The van der Waals surface area contributed by atoms with Gasteiger partial charge in [0.1, 0.15) is 0 Å². The fourth-order valence-electron chi connectivity index (χ4n) is 1.78. The lowest BCUT2D eigenvalue weighted by molar-refractivity contribution is 0.328. The molecule has 5 heteroatoms. The van der Waals surface area contributed by atoms with Gasteiger partial charge in [-0.1, -0.05) is 12.1 Å². The molecule has 1 aromatic heterocycles. The number of likely N-dealkylation sites (N-methyl/N-ethyl adjacent to an activating group) is 2. The zero-order valence-electron chi connectivity index (χ0n) is 10.2. The summed E-state index contributed by atoms with van der Waals surface area (Å²) in [5, 5.41) is 11.3. The summed E-state index contributed by atoms with van der Waals surface area (Å²) >= 11 is 0. The lowest BCUT2D eigenvalue weighted by Gasteiger charge is -2.16. The molecule has 1 heterocycles. The zero-order chi connectivity index (χ0) is 11.4. The largest absolute Gasteiger partial charge is 0.318 e. The number of nitrogens with zero attached hydrogens (tertiary/aromatic N) is 2. The first-order chi connectivity index (χ1) is 7.79. The molecule has 0 spiro atoms. The Bertz CT molecular complexity index is 454. The van der Waals surface area contributed by atoms with Gasteiger partial charge in [-0.05, 0) is 25.7 Å². The number of aromatic nitrogens is 2. The van der Waals surface area contributed by atoms with Gasteiger partial charge < -0.3 is 10.2 Å². The van der Waals surface area contributed by atoms with Crippen molar-refractivity contribution >= 4 is 23.3 Å². The highest BCUT2D eigenvalue weighted by Gasteiger charge is 2.01. The summed E-state index contributed by atoms with van der Waals surface area (Å²) < 4.78 is 0. The van der Waals surface area contributed by atoms with Crippen LogP contribution in [-0.2, 0) is 6.54 Å². The predicted molar refractivity (Wildman–Crippen MR) is 73.6 cm³/mol. The molecule has 1 aromatic carbocycles. The normalized spacial score (nSPS) is 10.8. The minimum atomic E-state index is 0. The molecular formula is C12H19ClN4. The van der Waals surface area contributed by atoms with Gasteiger partial charge in [0.15, 0.2) is 0 Å². The van der Waals surface area contributed by atoms with Crippen molar-refractivity contribution in [3.8, 4) is 0 Å². The van der Waals surface area contributed by atoms with Crippen LogP contribution in [-0.4, -0.2) is 42.3 Å². The third-order valence-electron chi connectivity index (χ3n) is 2.70. The van der Waals surface area contributed by atoms with E-state index < -0.39 is 0 Å². The molecule has 94 valence electrons. The number of hydrogen-bond acceptors (Lipinski definition) is 3. The first-order valence-corrected chi connectivity index (χ1v) is 5.55. The van der Waals surface area contributed by atoms with Crippen LogP contribution in [0.15, 0.2) is 24.4 Å². The van der Waals surface area contributed by atoms with E-state index in [1.165, 1.54) is 10.9 Å². The van der Waals surface area contributed by atoms with Crippen LogP contribution >= 0.6 is 12.4 Å². The Morgan fingerprint density at radius 3 is 3.00 bits per heavy atom. The van der Waals surface area contributed by atoms with Crippen molar-refractivity contribution < 1.29 is 0 Å². The highest BCUT2D eigenvalue weighted by atomic mass is 35.5. The second-order valence-electron chi connectivity index (χ2n) is 4.13. The van der Waals surface area contributed by atoms with Gasteiger partial charge in [-0.25, -0.2) is 0 Å². The zero-order valence-corrected chi connectivity index (χ0v) is 11.0. The number of fused-ring (bicyclic) bond motifs is 1. The van der Waals surface area contributed by atoms with Crippen LogP contribution in [0.2, 0.25) is 0 Å².